The molecule has 136 valence electrons. The lowest BCUT2D eigenvalue weighted by atomic mass is 9.82. The number of rotatable bonds is 6. The van der Waals surface area contributed by atoms with Crippen LogP contribution in [0.3, 0.4) is 0 Å². The summed E-state index contributed by atoms with van der Waals surface area (Å²) in [5, 5.41) is 13.4. The standard InChI is InChI=1S/C18H35NO3S/c1-12(2)16(23)15(20)14(11-13-9-7-6-8-10-13)19-17(21)22-18(3,4)5/h12-16,20,23H,6-11H2,1-5H3,(H,19,21). The summed E-state index contributed by atoms with van der Waals surface area (Å²) < 4.78 is 5.36. The van der Waals surface area contributed by atoms with Crippen LogP contribution in [0.4, 0.5) is 4.79 Å². The Bertz CT molecular complexity index is 362. The molecule has 1 rings (SSSR count). The van der Waals surface area contributed by atoms with Gasteiger partial charge in [0.25, 0.3) is 0 Å². The van der Waals surface area contributed by atoms with E-state index in [1.165, 1.54) is 32.1 Å². The molecule has 1 saturated carbocycles. The van der Waals surface area contributed by atoms with Gasteiger partial charge in [-0.15, -0.1) is 0 Å². The van der Waals surface area contributed by atoms with Crippen LogP contribution in [0.15, 0.2) is 0 Å². The molecule has 0 saturated heterocycles. The first-order chi connectivity index (χ1) is 10.6. The lowest BCUT2D eigenvalue weighted by molar-refractivity contribution is 0.0374. The summed E-state index contributed by atoms with van der Waals surface area (Å²) in [4.78, 5) is 12.1. The largest absolute Gasteiger partial charge is 0.444 e. The highest BCUT2D eigenvalue weighted by Crippen LogP contribution is 2.29. The van der Waals surface area contributed by atoms with Crippen molar-refractivity contribution in [3.05, 3.63) is 0 Å². The zero-order valence-electron chi connectivity index (χ0n) is 15.3. The predicted octanol–water partition coefficient (Wildman–Crippen LogP) is 4.17. The van der Waals surface area contributed by atoms with E-state index in [1.807, 2.05) is 34.6 Å². The van der Waals surface area contributed by atoms with Gasteiger partial charge < -0.3 is 15.2 Å². The van der Waals surface area contributed by atoms with Crippen molar-refractivity contribution in [2.75, 3.05) is 0 Å². The SMILES string of the molecule is CC(C)C(S)C(O)C(CC1CCCCC1)NC(=O)OC(C)(C)C. The number of amides is 1. The second-order valence-electron chi connectivity index (χ2n) is 8.22. The summed E-state index contributed by atoms with van der Waals surface area (Å²) in [5.41, 5.74) is -0.539. The van der Waals surface area contributed by atoms with Crippen LogP contribution in [0.5, 0.6) is 0 Å². The fourth-order valence-electron chi connectivity index (χ4n) is 3.16. The maximum Gasteiger partial charge on any atom is 0.407 e. The van der Waals surface area contributed by atoms with Gasteiger partial charge in [-0.1, -0.05) is 46.0 Å². The molecule has 5 heteroatoms. The number of aliphatic hydroxyl groups excluding tert-OH is 1. The first-order valence-electron chi connectivity index (χ1n) is 8.96. The molecule has 0 bridgehead atoms. The number of alkyl carbamates (subject to hydrolysis) is 1. The van der Waals surface area contributed by atoms with Gasteiger partial charge in [0.15, 0.2) is 0 Å². The monoisotopic (exact) mass is 345 g/mol. The van der Waals surface area contributed by atoms with Crippen molar-refractivity contribution in [1.29, 1.82) is 0 Å². The summed E-state index contributed by atoms with van der Waals surface area (Å²) >= 11 is 4.54. The molecule has 3 unspecified atom stereocenters. The highest BCUT2D eigenvalue weighted by Gasteiger charge is 2.32. The van der Waals surface area contributed by atoms with E-state index < -0.39 is 17.8 Å². The molecule has 1 amide bonds. The van der Waals surface area contributed by atoms with Gasteiger partial charge in [-0.2, -0.15) is 12.6 Å². The van der Waals surface area contributed by atoms with Crippen LogP contribution in [0.25, 0.3) is 0 Å². The lowest BCUT2D eigenvalue weighted by Crippen LogP contribution is -2.50. The fourth-order valence-corrected chi connectivity index (χ4v) is 3.36. The molecule has 0 spiro atoms. The van der Waals surface area contributed by atoms with E-state index in [1.54, 1.807) is 0 Å². The Kier molecular flexibility index (Phi) is 8.22. The highest BCUT2D eigenvalue weighted by atomic mass is 32.1. The van der Waals surface area contributed by atoms with Gasteiger partial charge in [-0.05, 0) is 39.0 Å². The van der Waals surface area contributed by atoms with E-state index in [9.17, 15) is 9.90 Å². The van der Waals surface area contributed by atoms with Crippen LogP contribution in [-0.2, 0) is 4.74 Å². The van der Waals surface area contributed by atoms with E-state index >= 15 is 0 Å². The van der Waals surface area contributed by atoms with Crippen LogP contribution in [-0.4, -0.2) is 34.2 Å². The van der Waals surface area contributed by atoms with Crippen LogP contribution in [0.1, 0.15) is 73.1 Å². The summed E-state index contributed by atoms with van der Waals surface area (Å²) in [6.45, 7) is 9.59. The topological polar surface area (TPSA) is 58.6 Å². The van der Waals surface area contributed by atoms with E-state index in [4.69, 9.17) is 4.74 Å². The number of carbonyl (C=O) groups excluding carboxylic acids is 1. The van der Waals surface area contributed by atoms with Crippen molar-refractivity contribution in [3.63, 3.8) is 0 Å². The number of carbonyl (C=O) groups is 1. The van der Waals surface area contributed by atoms with Crippen molar-refractivity contribution < 1.29 is 14.6 Å². The van der Waals surface area contributed by atoms with Gasteiger partial charge in [0, 0.05) is 5.25 Å². The smallest absolute Gasteiger partial charge is 0.407 e. The normalized spacial score (nSPS) is 20.9. The predicted molar refractivity (Wildman–Crippen MR) is 98.0 cm³/mol. The van der Waals surface area contributed by atoms with Crippen LogP contribution in [0, 0.1) is 11.8 Å². The van der Waals surface area contributed by atoms with Gasteiger partial charge in [0.05, 0.1) is 12.1 Å². The third kappa shape index (κ3) is 7.79. The molecule has 0 aromatic rings. The fraction of sp³-hybridized carbons (Fsp3) is 0.944. The zero-order chi connectivity index (χ0) is 17.6. The molecule has 0 aliphatic heterocycles. The number of aliphatic hydroxyl groups is 1. The molecule has 4 nitrogen and oxygen atoms in total. The van der Waals surface area contributed by atoms with Gasteiger partial charge in [0.1, 0.15) is 5.60 Å². The molecular weight excluding hydrogens is 310 g/mol. The van der Waals surface area contributed by atoms with Gasteiger partial charge in [-0.25, -0.2) is 4.79 Å². The van der Waals surface area contributed by atoms with Crippen molar-refractivity contribution >= 4 is 18.7 Å². The Balaban J connectivity index is 2.72. The minimum Gasteiger partial charge on any atom is -0.444 e. The molecule has 23 heavy (non-hydrogen) atoms. The molecule has 1 aliphatic carbocycles. The Labute approximate surface area is 147 Å². The second-order valence-corrected chi connectivity index (χ2v) is 8.81. The van der Waals surface area contributed by atoms with E-state index in [-0.39, 0.29) is 17.2 Å². The third-order valence-corrected chi connectivity index (χ3v) is 5.36. The minimum absolute atomic E-state index is 0.168. The second kappa shape index (κ2) is 9.16. The average Bonchev–Trinajstić information content (AvgIpc) is 2.44. The molecule has 0 aromatic carbocycles. The maximum atomic E-state index is 12.1. The first kappa shape index (κ1) is 20.6. The van der Waals surface area contributed by atoms with Gasteiger partial charge in [-0.3, -0.25) is 0 Å². The van der Waals surface area contributed by atoms with Gasteiger partial charge >= 0.3 is 6.09 Å². The summed E-state index contributed by atoms with van der Waals surface area (Å²) in [6.07, 6.45) is 5.81. The molecule has 0 radical (unpaired) electrons. The molecule has 1 fully saturated rings. The van der Waals surface area contributed by atoms with Crippen LogP contribution >= 0.6 is 12.6 Å². The van der Waals surface area contributed by atoms with Crippen molar-refractivity contribution in [1.82, 2.24) is 5.32 Å². The Morgan fingerprint density at radius 3 is 2.30 bits per heavy atom. The van der Waals surface area contributed by atoms with Crippen LogP contribution in [0.2, 0.25) is 0 Å². The summed E-state index contributed by atoms with van der Waals surface area (Å²) in [6, 6.07) is -0.308. The quantitative estimate of drug-likeness (QED) is 0.633. The Hall–Kier alpha value is -0.420. The molecule has 0 aromatic heterocycles. The summed E-state index contributed by atoms with van der Waals surface area (Å²) in [5.74, 6) is 0.800. The summed E-state index contributed by atoms with van der Waals surface area (Å²) in [7, 11) is 0. The molecular formula is C18H35NO3S. The third-order valence-electron chi connectivity index (χ3n) is 4.46. The van der Waals surface area contributed by atoms with E-state index in [0.717, 1.165) is 6.42 Å². The Morgan fingerprint density at radius 2 is 1.83 bits per heavy atom. The van der Waals surface area contributed by atoms with E-state index in [0.29, 0.717) is 5.92 Å². The molecule has 2 N–H and O–H groups in total. The van der Waals surface area contributed by atoms with Crippen molar-refractivity contribution in [2.24, 2.45) is 11.8 Å². The number of hydrogen-bond acceptors (Lipinski definition) is 4. The van der Waals surface area contributed by atoms with E-state index in [2.05, 4.69) is 17.9 Å². The van der Waals surface area contributed by atoms with Crippen molar-refractivity contribution in [3.8, 4) is 0 Å². The molecule has 3 atom stereocenters. The highest BCUT2D eigenvalue weighted by molar-refractivity contribution is 7.81. The number of thiol groups is 1. The zero-order valence-corrected chi connectivity index (χ0v) is 16.2. The average molecular weight is 346 g/mol. The van der Waals surface area contributed by atoms with Gasteiger partial charge in [0.2, 0.25) is 0 Å². The van der Waals surface area contributed by atoms with Crippen molar-refractivity contribution in [2.45, 2.75) is 96.1 Å². The molecule has 0 heterocycles. The number of hydrogen-bond donors (Lipinski definition) is 3. The molecule has 1 aliphatic rings. The lowest BCUT2D eigenvalue weighted by Gasteiger charge is -2.34. The maximum absolute atomic E-state index is 12.1. The first-order valence-corrected chi connectivity index (χ1v) is 9.47. The number of ether oxygens (including phenoxy) is 1. The number of nitrogens with one attached hydrogen (secondary N) is 1. The minimum atomic E-state index is -0.673. The van der Waals surface area contributed by atoms with Crippen LogP contribution < -0.4 is 5.32 Å². The Morgan fingerprint density at radius 1 is 1.26 bits per heavy atom.